The molecule has 1 aliphatic carbocycles. The van der Waals surface area contributed by atoms with E-state index in [1.165, 1.54) is 40.5 Å². The maximum absolute atomic E-state index is 13.9. The smallest absolute Gasteiger partial charge is 0.332 e. The van der Waals surface area contributed by atoms with Crippen molar-refractivity contribution in [3.05, 3.63) is 56.5 Å². The lowest BCUT2D eigenvalue weighted by molar-refractivity contribution is 0.321. The van der Waals surface area contributed by atoms with Gasteiger partial charge in [-0.3, -0.25) is 13.9 Å². The SMILES string of the molecule is Cn1c(=O)n(Cc2ccc(F)cc2)c(=O)c2c1nc(N1CCC3CNCC31)n2CC1CCCCC1. The molecule has 9 heteroatoms. The van der Waals surface area contributed by atoms with Gasteiger partial charge < -0.3 is 14.8 Å². The molecule has 0 bridgehead atoms. The summed E-state index contributed by atoms with van der Waals surface area (Å²) >= 11 is 0. The minimum absolute atomic E-state index is 0.101. The van der Waals surface area contributed by atoms with Crippen molar-refractivity contribution < 1.29 is 4.39 Å². The Morgan fingerprint density at radius 2 is 1.80 bits per heavy atom. The number of halogens is 1. The molecule has 2 saturated heterocycles. The van der Waals surface area contributed by atoms with Crippen LogP contribution in [0.15, 0.2) is 33.9 Å². The Labute approximate surface area is 203 Å². The van der Waals surface area contributed by atoms with Gasteiger partial charge in [-0.05, 0) is 48.8 Å². The Balaban J connectivity index is 1.50. The molecule has 0 spiro atoms. The van der Waals surface area contributed by atoms with E-state index in [0.29, 0.717) is 34.6 Å². The summed E-state index contributed by atoms with van der Waals surface area (Å²) in [6, 6.07) is 6.32. The van der Waals surface area contributed by atoms with Crippen molar-refractivity contribution >= 4 is 17.1 Å². The van der Waals surface area contributed by atoms with Crippen molar-refractivity contribution in [3.8, 4) is 0 Å². The van der Waals surface area contributed by atoms with E-state index in [2.05, 4.69) is 14.8 Å². The number of aromatic nitrogens is 4. The maximum atomic E-state index is 13.9. The quantitative estimate of drug-likeness (QED) is 0.607. The number of nitrogens with one attached hydrogen (secondary N) is 1. The van der Waals surface area contributed by atoms with E-state index < -0.39 is 5.69 Å². The summed E-state index contributed by atoms with van der Waals surface area (Å²) in [4.78, 5) is 34.5. The standard InChI is InChI=1S/C26H33FN6O2/c1-30-23-22(24(34)33(26(30)35)16-18-7-9-20(27)10-8-18)32(15-17-5-3-2-4-6-17)25(29-23)31-12-11-19-13-28-14-21(19)31/h7-10,17,19,21,28H,2-6,11-16H2,1H3. The van der Waals surface area contributed by atoms with Crippen LogP contribution in [0.3, 0.4) is 0 Å². The number of rotatable bonds is 5. The number of hydrogen-bond acceptors (Lipinski definition) is 5. The van der Waals surface area contributed by atoms with Crippen LogP contribution in [0.2, 0.25) is 0 Å². The molecule has 8 nitrogen and oxygen atoms in total. The molecule has 3 fully saturated rings. The average Bonchev–Trinajstić information content (AvgIpc) is 3.57. The van der Waals surface area contributed by atoms with Crippen molar-refractivity contribution in [2.75, 3.05) is 24.5 Å². The van der Waals surface area contributed by atoms with E-state index in [0.717, 1.165) is 51.4 Å². The van der Waals surface area contributed by atoms with Gasteiger partial charge in [0.25, 0.3) is 5.56 Å². The zero-order valence-electron chi connectivity index (χ0n) is 20.3. The van der Waals surface area contributed by atoms with Gasteiger partial charge in [0.15, 0.2) is 11.2 Å². The molecule has 1 aromatic carbocycles. The van der Waals surface area contributed by atoms with Gasteiger partial charge in [-0.2, -0.15) is 4.98 Å². The van der Waals surface area contributed by atoms with Crippen LogP contribution >= 0.6 is 0 Å². The van der Waals surface area contributed by atoms with Gasteiger partial charge >= 0.3 is 5.69 Å². The minimum atomic E-state index is -0.400. The third-order valence-corrected chi connectivity index (χ3v) is 8.33. The fourth-order valence-corrected chi connectivity index (χ4v) is 6.39. The Kier molecular flexibility index (Phi) is 5.75. The molecular formula is C26H33FN6O2. The molecule has 3 aromatic rings. The van der Waals surface area contributed by atoms with E-state index >= 15 is 0 Å². The first-order valence-corrected chi connectivity index (χ1v) is 12.9. The van der Waals surface area contributed by atoms with Gasteiger partial charge in [0.05, 0.1) is 6.54 Å². The van der Waals surface area contributed by atoms with Gasteiger partial charge in [-0.25, -0.2) is 9.18 Å². The zero-order valence-corrected chi connectivity index (χ0v) is 20.3. The zero-order chi connectivity index (χ0) is 24.1. The van der Waals surface area contributed by atoms with E-state index in [9.17, 15) is 14.0 Å². The van der Waals surface area contributed by atoms with Crippen LogP contribution in [-0.2, 0) is 20.1 Å². The number of fused-ring (bicyclic) bond motifs is 2. The van der Waals surface area contributed by atoms with Crippen LogP contribution in [0.25, 0.3) is 11.2 Å². The summed E-state index contributed by atoms with van der Waals surface area (Å²) in [5, 5.41) is 3.50. The predicted molar refractivity (Wildman–Crippen MR) is 133 cm³/mol. The van der Waals surface area contributed by atoms with Gasteiger partial charge in [-0.1, -0.05) is 31.4 Å². The molecule has 0 radical (unpaired) electrons. The molecular weight excluding hydrogens is 447 g/mol. The van der Waals surface area contributed by atoms with Crippen LogP contribution in [0, 0.1) is 17.7 Å². The first-order chi connectivity index (χ1) is 17.0. The van der Waals surface area contributed by atoms with Crippen molar-refractivity contribution in [2.24, 2.45) is 18.9 Å². The van der Waals surface area contributed by atoms with Crippen LogP contribution in [0.5, 0.6) is 0 Å². The summed E-state index contributed by atoms with van der Waals surface area (Å²) in [5.74, 6) is 1.58. The molecule has 3 aliphatic rings. The number of imidazole rings is 1. The molecule has 2 aromatic heterocycles. The summed E-state index contributed by atoms with van der Waals surface area (Å²) in [5.41, 5.74) is 0.951. The highest BCUT2D eigenvalue weighted by molar-refractivity contribution is 5.75. The van der Waals surface area contributed by atoms with Crippen molar-refractivity contribution in [3.63, 3.8) is 0 Å². The number of aryl methyl sites for hydroxylation is 1. The Morgan fingerprint density at radius 1 is 1.03 bits per heavy atom. The van der Waals surface area contributed by atoms with E-state index in [4.69, 9.17) is 4.98 Å². The van der Waals surface area contributed by atoms with Gasteiger partial charge in [-0.15, -0.1) is 0 Å². The molecule has 6 rings (SSSR count). The lowest BCUT2D eigenvalue weighted by atomic mass is 9.89. The molecule has 0 amide bonds. The summed E-state index contributed by atoms with van der Waals surface area (Å²) < 4.78 is 18.3. The molecule has 35 heavy (non-hydrogen) atoms. The molecule has 1 saturated carbocycles. The second-order valence-electron chi connectivity index (χ2n) is 10.5. The van der Waals surface area contributed by atoms with E-state index in [1.54, 1.807) is 19.2 Å². The van der Waals surface area contributed by atoms with Crippen molar-refractivity contribution in [1.29, 1.82) is 0 Å². The highest BCUT2D eigenvalue weighted by atomic mass is 19.1. The fraction of sp³-hybridized carbons (Fsp3) is 0.577. The molecule has 1 N–H and O–H groups in total. The lowest BCUT2D eigenvalue weighted by Crippen LogP contribution is -2.40. The molecule has 2 atom stereocenters. The second kappa shape index (κ2) is 8.93. The Bertz CT molecular complexity index is 1350. The third kappa shape index (κ3) is 3.90. The monoisotopic (exact) mass is 480 g/mol. The van der Waals surface area contributed by atoms with Gasteiger partial charge in [0.1, 0.15) is 5.82 Å². The van der Waals surface area contributed by atoms with Gasteiger partial charge in [0, 0.05) is 39.3 Å². The molecule has 2 aliphatic heterocycles. The fourth-order valence-electron chi connectivity index (χ4n) is 6.39. The highest BCUT2D eigenvalue weighted by Gasteiger charge is 2.40. The first-order valence-electron chi connectivity index (χ1n) is 12.9. The number of hydrogen-bond donors (Lipinski definition) is 1. The van der Waals surface area contributed by atoms with Crippen molar-refractivity contribution in [2.45, 2.75) is 57.7 Å². The summed E-state index contributed by atoms with van der Waals surface area (Å²) in [6.07, 6.45) is 7.13. The third-order valence-electron chi connectivity index (χ3n) is 8.33. The van der Waals surface area contributed by atoms with Crippen LogP contribution < -0.4 is 21.5 Å². The van der Waals surface area contributed by atoms with Crippen molar-refractivity contribution in [1.82, 2.24) is 24.0 Å². The topological polar surface area (TPSA) is 77.1 Å². The average molecular weight is 481 g/mol. The maximum Gasteiger partial charge on any atom is 0.332 e. The largest absolute Gasteiger partial charge is 0.338 e. The van der Waals surface area contributed by atoms with Crippen LogP contribution in [0.1, 0.15) is 44.1 Å². The van der Waals surface area contributed by atoms with E-state index in [-0.39, 0.29) is 17.9 Å². The number of anilines is 1. The molecule has 2 unspecified atom stereocenters. The van der Waals surface area contributed by atoms with E-state index in [1.807, 2.05) is 0 Å². The number of nitrogens with zero attached hydrogens (tertiary/aromatic N) is 5. The first kappa shape index (κ1) is 22.5. The highest BCUT2D eigenvalue weighted by Crippen LogP contribution is 2.34. The predicted octanol–water partition coefficient (Wildman–Crippen LogP) is 2.46. The molecule has 4 heterocycles. The van der Waals surface area contributed by atoms with Crippen LogP contribution in [0.4, 0.5) is 10.3 Å². The molecule has 186 valence electrons. The second-order valence-corrected chi connectivity index (χ2v) is 10.5. The lowest BCUT2D eigenvalue weighted by Gasteiger charge is -2.28. The Hall–Kier alpha value is -2.94. The van der Waals surface area contributed by atoms with Gasteiger partial charge in [0.2, 0.25) is 5.95 Å². The summed E-state index contributed by atoms with van der Waals surface area (Å²) in [7, 11) is 1.69. The normalized spacial score (nSPS) is 22.9. The Morgan fingerprint density at radius 3 is 2.57 bits per heavy atom. The minimum Gasteiger partial charge on any atom is -0.338 e. The van der Waals surface area contributed by atoms with Crippen LogP contribution in [-0.4, -0.2) is 44.4 Å². The summed E-state index contributed by atoms with van der Waals surface area (Å²) in [6.45, 7) is 3.71. The number of benzene rings is 1.